The molecule has 17 heteroatoms. The predicted octanol–water partition coefficient (Wildman–Crippen LogP) is 3.07. The van der Waals surface area contributed by atoms with Gasteiger partial charge >= 0.3 is 22.5 Å². The summed E-state index contributed by atoms with van der Waals surface area (Å²) in [6.07, 6.45) is 8.55. The molecule has 4 bridgehead atoms. The Morgan fingerprint density at radius 2 is 1.10 bits per heavy atom. The molecule has 2 aliphatic carbocycles. The van der Waals surface area contributed by atoms with Crippen LogP contribution in [0.1, 0.15) is 111 Å². The van der Waals surface area contributed by atoms with E-state index in [0.29, 0.717) is 37.3 Å². The molecule has 6 saturated heterocycles. The van der Waals surface area contributed by atoms with Crippen molar-refractivity contribution in [1.29, 1.82) is 0 Å². The molecule has 4 amide bonds. The maximum absolute atomic E-state index is 13.8. The lowest BCUT2D eigenvalue weighted by Crippen LogP contribution is -2.45. The van der Waals surface area contributed by atoms with E-state index in [2.05, 4.69) is 20.9 Å². The van der Waals surface area contributed by atoms with Crippen LogP contribution in [0, 0.1) is 10.8 Å². The molecule has 10 rings (SSSR count). The Kier molecular flexibility index (Phi) is 6.78. The highest BCUT2D eigenvalue weighted by Crippen LogP contribution is 2.63. The minimum absolute atomic E-state index is 0.279. The summed E-state index contributed by atoms with van der Waals surface area (Å²) in [4.78, 5) is 30.9. The van der Waals surface area contributed by atoms with Gasteiger partial charge in [-0.15, -0.1) is 8.57 Å². The van der Waals surface area contributed by atoms with Gasteiger partial charge in [0.05, 0.1) is 24.2 Å². The fraction of sp³-hybridized carbons (Fsp3) is 0.750. The molecule has 4 atom stereocenters. The first-order valence-corrected chi connectivity index (χ1v) is 19.2. The summed E-state index contributed by atoms with van der Waals surface area (Å²) in [7, 11) is -4.84. The number of amides is 4. The number of piperidine rings is 4. The van der Waals surface area contributed by atoms with Crippen molar-refractivity contribution in [3.63, 3.8) is 0 Å². The van der Waals surface area contributed by atoms with Gasteiger partial charge in [0.25, 0.3) is 0 Å². The number of nitrogens with zero attached hydrogens (tertiary/aromatic N) is 6. The zero-order chi connectivity index (χ0) is 33.1. The summed E-state index contributed by atoms with van der Waals surface area (Å²) >= 11 is 0. The minimum Gasteiger partial charge on any atom is -0.361 e. The Labute approximate surface area is 284 Å². The van der Waals surface area contributed by atoms with Crippen LogP contribution < -0.4 is 10.6 Å². The first-order chi connectivity index (χ1) is 23.7. The maximum atomic E-state index is 13.8. The normalized spacial score (nSPS) is 32.2. The monoisotopic (exact) mass is 698 g/mol. The van der Waals surface area contributed by atoms with Gasteiger partial charge < -0.3 is 29.5 Å². The van der Waals surface area contributed by atoms with Gasteiger partial charge in [-0.05, 0) is 101 Å². The van der Waals surface area contributed by atoms with E-state index in [-0.39, 0.29) is 34.7 Å². The topological polar surface area (TPSA) is 176 Å². The molecule has 2 aromatic heterocycles. The van der Waals surface area contributed by atoms with Gasteiger partial charge in [0, 0.05) is 37.1 Å². The summed E-state index contributed by atoms with van der Waals surface area (Å²) in [6, 6.07) is 1.24. The van der Waals surface area contributed by atoms with E-state index in [0.717, 1.165) is 99.2 Å². The number of hydrogen-bond acceptors (Lipinski definition) is 12. The van der Waals surface area contributed by atoms with Crippen molar-refractivity contribution in [3.05, 3.63) is 35.0 Å². The lowest BCUT2D eigenvalue weighted by Gasteiger charge is -2.36. The van der Waals surface area contributed by atoms with E-state index in [4.69, 9.17) is 17.6 Å². The van der Waals surface area contributed by atoms with Crippen molar-refractivity contribution in [1.82, 2.24) is 40.9 Å². The number of hydroxylamine groups is 4. The third-order valence-electron chi connectivity index (χ3n) is 12.9. The van der Waals surface area contributed by atoms with Crippen LogP contribution in [-0.2, 0) is 19.0 Å². The van der Waals surface area contributed by atoms with Gasteiger partial charge in [0.2, 0.25) is 0 Å². The molecule has 2 saturated carbocycles. The van der Waals surface area contributed by atoms with E-state index >= 15 is 0 Å². The Bertz CT molecular complexity index is 1640. The molecule has 2 aromatic rings. The summed E-state index contributed by atoms with van der Waals surface area (Å²) in [5.74, 6) is 2.23. The molecular weight excluding hydrogens is 656 g/mol. The molecule has 0 radical (unpaired) electrons. The summed E-state index contributed by atoms with van der Waals surface area (Å²) < 4.78 is 49.8. The largest absolute Gasteiger partial charge is 0.442 e. The predicted molar refractivity (Wildman–Crippen MR) is 167 cm³/mol. The van der Waals surface area contributed by atoms with E-state index in [9.17, 15) is 18.0 Å². The van der Waals surface area contributed by atoms with Gasteiger partial charge in [0.1, 0.15) is 22.9 Å². The number of rotatable bonds is 8. The lowest BCUT2D eigenvalue weighted by atomic mass is 9.84. The van der Waals surface area contributed by atoms with Crippen molar-refractivity contribution in [2.24, 2.45) is 10.8 Å². The first kappa shape index (κ1) is 30.6. The highest BCUT2D eigenvalue weighted by molar-refractivity contribution is 7.81. The molecule has 0 aromatic carbocycles. The van der Waals surface area contributed by atoms with Crippen LogP contribution in [0.25, 0.3) is 0 Å². The minimum atomic E-state index is -4.84. The summed E-state index contributed by atoms with van der Waals surface area (Å²) in [5.41, 5.74) is 0.822. The van der Waals surface area contributed by atoms with Crippen LogP contribution in [0.2, 0.25) is 0 Å². The average molecular weight is 699 g/mol. The second-order valence-corrected chi connectivity index (χ2v) is 16.7. The van der Waals surface area contributed by atoms with Crippen molar-refractivity contribution in [2.75, 3.05) is 39.3 Å². The SMILES string of the molecule is O=C1N2C[C@H](N1OS(=O)(=O)ON1C(=O)N3C[C@H]1C1(CC1)C[C@H]3c1cc(C3CCNCC3)on1)C1(CC1)C[C@H]2c1cc(C2CCNCC2)on1. The quantitative estimate of drug-likeness (QED) is 0.413. The first-order valence-electron chi connectivity index (χ1n) is 17.9. The van der Waals surface area contributed by atoms with Crippen LogP contribution in [0.5, 0.6) is 0 Å². The lowest BCUT2D eigenvalue weighted by molar-refractivity contribution is -0.101. The summed E-state index contributed by atoms with van der Waals surface area (Å²) in [6.45, 7) is 4.32. The van der Waals surface area contributed by atoms with Gasteiger partial charge in [-0.2, -0.15) is 18.5 Å². The zero-order valence-electron chi connectivity index (χ0n) is 27.3. The molecule has 2 spiro atoms. The molecule has 8 fully saturated rings. The number of hydrogen-bond donors (Lipinski definition) is 2. The highest BCUT2D eigenvalue weighted by Gasteiger charge is 2.66. The van der Waals surface area contributed by atoms with E-state index < -0.39 is 34.5 Å². The van der Waals surface area contributed by atoms with Crippen LogP contribution >= 0.6 is 0 Å². The standard InChI is InChI=1S/C32H42N8O8S/c41-29-37-17-27(31(5-6-31)15-23(37)21-13-25(45-35-21)19-1-9-33-10-2-19)39(29)47-49(43,44)48-40-28-18-38(30(40)42)24(16-32(28)7-8-32)22-14-26(46-36-22)20-3-11-34-12-4-20/h13-14,19-20,23-24,27-28,33-34H,1-12,15-18H2/t23-,24-,27-,28-/m0/s1. The fourth-order valence-corrected chi connectivity index (χ4v) is 10.4. The van der Waals surface area contributed by atoms with Crippen LogP contribution in [0.4, 0.5) is 9.59 Å². The van der Waals surface area contributed by atoms with Gasteiger partial charge in [0.15, 0.2) is 0 Å². The fourth-order valence-electron chi connectivity index (χ4n) is 9.69. The average Bonchev–Trinajstić information content (AvgIpc) is 3.80. The van der Waals surface area contributed by atoms with Crippen LogP contribution in [-0.4, -0.2) is 102 Å². The molecule has 8 heterocycles. The maximum Gasteiger partial charge on any atom is 0.442 e. The van der Waals surface area contributed by atoms with Crippen LogP contribution in [0.3, 0.4) is 0 Å². The number of carbonyl (C=O) groups is 2. The number of fused-ring (bicyclic) bond motifs is 6. The van der Waals surface area contributed by atoms with E-state index in [1.54, 1.807) is 9.80 Å². The van der Waals surface area contributed by atoms with Crippen LogP contribution in [0.15, 0.2) is 21.2 Å². The van der Waals surface area contributed by atoms with Crippen molar-refractivity contribution in [2.45, 2.75) is 100 Å². The smallest absolute Gasteiger partial charge is 0.361 e. The molecule has 16 nitrogen and oxygen atoms in total. The Hall–Kier alpha value is -3.25. The molecule has 8 aliphatic rings. The third kappa shape index (κ3) is 4.93. The van der Waals surface area contributed by atoms with Gasteiger partial charge in [-0.1, -0.05) is 10.3 Å². The Balaban J connectivity index is 0.854. The number of aromatic nitrogens is 2. The second kappa shape index (κ2) is 10.9. The highest BCUT2D eigenvalue weighted by atomic mass is 32.3. The Morgan fingerprint density at radius 3 is 1.49 bits per heavy atom. The molecule has 264 valence electrons. The number of carbonyl (C=O) groups excluding carboxylic acids is 2. The summed E-state index contributed by atoms with van der Waals surface area (Å²) in [5, 5.41) is 17.4. The van der Waals surface area contributed by atoms with Crippen molar-refractivity contribution >= 4 is 22.5 Å². The van der Waals surface area contributed by atoms with Gasteiger partial charge in [-0.25, -0.2) is 9.59 Å². The molecule has 0 unspecified atom stereocenters. The zero-order valence-corrected chi connectivity index (χ0v) is 28.1. The van der Waals surface area contributed by atoms with E-state index in [1.165, 1.54) is 0 Å². The van der Waals surface area contributed by atoms with Crippen molar-refractivity contribution < 1.29 is 35.6 Å². The van der Waals surface area contributed by atoms with Gasteiger partial charge in [-0.3, -0.25) is 0 Å². The van der Waals surface area contributed by atoms with Crippen molar-refractivity contribution in [3.8, 4) is 0 Å². The number of nitrogens with one attached hydrogen (secondary N) is 2. The second-order valence-electron chi connectivity index (χ2n) is 15.6. The molecule has 49 heavy (non-hydrogen) atoms. The molecule has 6 aliphatic heterocycles. The Morgan fingerprint density at radius 1 is 0.694 bits per heavy atom. The molecular formula is C32H42N8O8S. The molecule has 2 N–H and O–H groups in total. The third-order valence-corrected chi connectivity index (χ3v) is 13.6. The number of urea groups is 2. The van der Waals surface area contributed by atoms with E-state index in [1.807, 2.05) is 12.1 Å².